The summed E-state index contributed by atoms with van der Waals surface area (Å²) in [7, 11) is 0. The summed E-state index contributed by atoms with van der Waals surface area (Å²) in [6.45, 7) is -0.390. The van der Waals surface area contributed by atoms with Crippen molar-refractivity contribution in [3.63, 3.8) is 0 Å². The van der Waals surface area contributed by atoms with Gasteiger partial charge in [-0.3, -0.25) is 4.57 Å². The fourth-order valence-electron chi connectivity index (χ4n) is 2.95. The van der Waals surface area contributed by atoms with Gasteiger partial charge in [0, 0.05) is 6.04 Å². The van der Waals surface area contributed by atoms with E-state index in [-0.39, 0.29) is 6.61 Å². The minimum Gasteiger partial charge on any atom is -0.394 e. The maximum Gasteiger partial charge on any atom is 0.206 e. The summed E-state index contributed by atoms with van der Waals surface area (Å²) < 4.78 is 7.32. The van der Waals surface area contributed by atoms with Gasteiger partial charge in [0.1, 0.15) is 18.3 Å². The second-order valence-corrected chi connectivity index (χ2v) is 7.02. The number of fused-ring (bicyclic) bond motifs is 1. The predicted molar refractivity (Wildman–Crippen MR) is 89.4 cm³/mol. The van der Waals surface area contributed by atoms with Crippen LogP contribution < -0.4 is 5.32 Å². The van der Waals surface area contributed by atoms with Crippen molar-refractivity contribution in [1.82, 2.24) is 9.55 Å². The summed E-state index contributed by atoms with van der Waals surface area (Å²) in [5, 5.41) is 33.8. The van der Waals surface area contributed by atoms with Crippen molar-refractivity contribution < 1.29 is 20.1 Å². The number of aliphatic hydroxyl groups excluding tert-OH is 3. The first-order chi connectivity index (χ1) is 11.5. The van der Waals surface area contributed by atoms with Crippen LogP contribution in [0.3, 0.4) is 0 Å². The molecule has 2 aromatic rings. The first kappa shape index (κ1) is 16.4. The van der Waals surface area contributed by atoms with E-state index in [9.17, 15) is 15.3 Å². The SMILES string of the molecule is OC[C@@H]1O[C@@H](n2c(NC3CC3)nc3cc(Cl)c(Cl)cc32)[C@@H](O)[C@H]1O. The molecule has 1 aliphatic heterocycles. The molecule has 0 bridgehead atoms. The zero-order valence-electron chi connectivity index (χ0n) is 12.6. The van der Waals surface area contributed by atoms with Gasteiger partial charge in [-0.25, -0.2) is 4.98 Å². The first-order valence-corrected chi connectivity index (χ1v) is 8.51. The van der Waals surface area contributed by atoms with E-state index in [4.69, 9.17) is 27.9 Å². The van der Waals surface area contributed by atoms with Crippen LogP contribution in [0.4, 0.5) is 5.95 Å². The summed E-state index contributed by atoms with van der Waals surface area (Å²) in [6.07, 6.45) is -2.05. The Balaban J connectivity index is 1.83. The summed E-state index contributed by atoms with van der Waals surface area (Å²) in [5.41, 5.74) is 1.23. The van der Waals surface area contributed by atoms with Gasteiger partial charge in [0.15, 0.2) is 6.23 Å². The van der Waals surface area contributed by atoms with E-state index >= 15 is 0 Å². The largest absolute Gasteiger partial charge is 0.394 e. The first-order valence-electron chi connectivity index (χ1n) is 7.75. The zero-order chi connectivity index (χ0) is 17.0. The van der Waals surface area contributed by atoms with Crippen LogP contribution in [-0.4, -0.2) is 55.8 Å². The minimum atomic E-state index is -1.20. The fourth-order valence-corrected chi connectivity index (χ4v) is 3.27. The number of nitrogens with zero attached hydrogens (tertiary/aromatic N) is 2. The van der Waals surface area contributed by atoms with Gasteiger partial charge in [-0.1, -0.05) is 23.2 Å². The van der Waals surface area contributed by atoms with E-state index in [1.165, 1.54) is 0 Å². The lowest BCUT2D eigenvalue weighted by atomic mass is 10.1. The summed E-state index contributed by atoms with van der Waals surface area (Å²) in [4.78, 5) is 4.52. The molecule has 0 spiro atoms. The molecule has 2 heterocycles. The quantitative estimate of drug-likeness (QED) is 0.648. The Bertz CT molecular complexity index is 780. The molecule has 1 aromatic carbocycles. The van der Waals surface area contributed by atoms with Gasteiger partial charge in [0.05, 0.1) is 27.7 Å². The number of aromatic nitrogens is 2. The highest BCUT2D eigenvalue weighted by atomic mass is 35.5. The number of imidazole rings is 1. The van der Waals surface area contributed by atoms with Gasteiger partial charge in [0.2, 0.25) is 5.95 Å². The number of nitrogens with one attached hydrogen (secondary N) is 1. The van der Waals surface area contributed by atoms with Gasteiger partial charge in [-0.15, -0.1) is 0 Å². The van der Waals surface area contributed by atoms with Gasteiger partial charge < -0.3 is 25.4 Å². The van der Waals surface area contributed by atoms with Crippen LogP contribution in [0, 0.1) is 0 Å². The summed E-state index contributed by atoms with van der Waals surface area (Å²) in [5.74, 6) is 0.515. The van der Waals surface area contributed by atoms with Crippen molar-refractivity contribution in [1.29, 1.82) is 0 Å². The molecule has 9 heteroatoms. The van der Waals surface area contributed by atoms with Crippen LogP contribution in [0.15, 0.2) is 12.1 Å². The molecule has 1 aliphatic carbocycles. The Morgan fingerprint density at radius 2 is 1.92 bits per heavy atom. The minimum absolute atomic E-state index is 0.323. The molecule has 4 atom stereocenters. The Morgan fingerprint density at radius 1 is 1.21 bits per heavy atom. The highest BCUT2D eigenvalue weighted by molar-refractivity contribution is 6.42. The number of aliphatic hydroxyl groups is 3. The number of benzene rings is 1. The molecule has 2 aliphatic rings. The molecule has 130 valence electrons. The molecule has 1 saturated carbocycles. The smallest absolute Gasteiger partial charge is 0.206 e. The average Bonchev–Trinajstić information content (AvgIpc) is 3.25. The van der Waals surface area contributed by atoms with Gasteiger partial charge >= 0.3 is 0 Å². The van der Waals surface area contributed by atoms with Gasteiger partial charge in [-0.2, -0.15) is 0 Å². The number of ether oxygens (including phenoxy) is 1. The van der Waals surface area contributed by atoms with E-state index in [0.717, 1.165) is 12.8 Å². The normalized spacial score (nSPS) is 30.2. The molecular weight excluding hydrogens is 357 g/mol. The lowest BCUT2D eigenvalue weighted by Crippen LogP contribution is -2.33. The van der Waals surface area contributed by atoms with Crippen LogP contribution in [0.2, 0.25) is 10.0 Å². The van der Waals surface area contributed by atoms with Crippen LogP contribution in [-0.2, 0) is 4.74 Å². The molecule has 4 rings (SSSR count). The van der Waals surface area contributed by atoms with Crippen molar-refractivity contribution in [2.45, 2.75) is 43.4 Å². The second kappa shape index (κ2) is 6.01. The average molecular weight is 374 g/mol. The zero-order valence-corrected chi connectivity index (χ0v) is 14.1. The van der Waals surface area contributed by atoms with E-state index in [0.29, 0.717) is 33.1 Å². The van der Waals surface area contributed by atoms with Crippen LogP contribution >= 0.6 is 23.2 Å². The monoisotopic (exact) mass is 373 g/mol. The number of halogens is 2. The molecule has 4 N–H and O–H groups in total. The predicted octanol–water partition coefficient (Wildman–Crippen LogP) is 1.53. The third kappa shape index (κ3) is 2.65. The number of hydrogen-bond acceptors (Lipinski definition) is 6. The maximum absolute atomic E-state index is 10.4. The standard InChI is InChI=1S/C15H17Cl2N3O4/c16-7-3-9-10(4-8(7)17)20(15(19-9)18-6-1-2-6)14-13(23)12(22)11(5-21)24-14/h3-4,6,11-14,21-23H,1-2,5H2,(H,18,19)/t11-,12-,13-,14+/m0/s1. The maximum atomic E-state index is 10.4. The molecular formula is C15H17Cl2N3O4. The Hall–Kier alpha value is -1.09. The van der Waals surface area contributed by atoms with Crippen molar-refractivity contribution in [2.24, 2.45) is 0 Å². The summed E-state index contributed by atoms with van der Waals surface area (Å²) in [6, 6.07) is 3.62. The number of hydrogen-bond donors (Lipinski definition) is 4. The third-order valence-corrected chi connectivity index (χ3v) is 5.14. The lowest BCUT2D eigenvalue weighted by Gasteiger charge is -2.20. The van der Waals surface area contributed by atoms with E-state index < -0.39 is 24.5 Å². The van der Waals surface area contributed by atoms with Crippen molar-refractivity contribution >= 4 is 40.2 Å². The lowest BCUT2D eigenvalue weighted by molar-refractivity contribution is -0.0499. The Kier molecular flexibility index (Phi) is 4.11. The van der Waals surface area contributed by atoms with E-state index in [1.54, 1.807) is 16.7 Å². The van der Waals surface area contributed by atoms with Crippen molar-refractivity contribution in [2.75, 3.05) is 11.9 Å². The van der Waals surface area contributed by atoms with E-state index in [1.807, 2.05) is 0 Å². The van der Waals surface area contributed by atoms with Crippen LogP contribution in [0.1, 0.15) is 19.1 Å². The molecule has 1 saturated heterocycles. The molecule has 0 unspecified atom stereocenters. The number of rotatable bonds is 4. The Labute approximate surface area is 147 Å². The molecule has 2 fully saturated rings. The number of anilines is 1. The topological polar surface area (TPSA) is 99.8 Å². The van der Waals surface area contributed by atoms with E-state index in [2.05, 4.69) is 10.3 Å². The van der Waals surface area contributed by atoms with Crippen molar-refractivity contribution in [3.05, 3.63) is 22.2 Å². The van der Waals surface area contributed by atoms with Crippen molar-refractivity contribution in [3.8, 4) is 0 Å². The Morgan fingerprint density at radius 3 is 2.54 bits per heavy atom. The molecule has 7 nitrogen and oxygen atoms in total. The molecule has 1 aromatic heterocycles. The molecule has 0 radical (unpaired) electrons. The third-order valence-electron chi connectivity index (χ3n) is 4.41. The fraction of sp³-hybridized carbons (Fsp3) is 0.533. The van der Waals surface area contributed by atoms with Gasteiger partial charge in [-0.05, 0) is 25.0 Å². The molecule has 0 amide bonds. The van der Waals surface area contributed by atoms with Crippen LogP contribution in [0.5, 0.6) is 0 Å². The molecule has 24 heavy (non-hydrogen) atoms. The van der Waals surface area contributed by atoms with Gasteiger partial charge in [0.25, 0.3) is 0 Å². The van der Waals surface area contributed by atoms with Crippen LogP contribution in [0.25, 0.3) is 11.0 Å². The highest BCUT2D eigenvalue weighted by Crippen LogP contribution is 2.38. The summed E-state index contributed by atoms with van der Waals surface area (Å²) >= 11 is 12.2. The second-order valence-electron chi connectivity index (χ2n) is 6.21. The highest BCUT2D eigenvalue weighted by Gasteiger charge is 2.45.